The predicted molar refractivity (Wildman–Crippen MR) is 53.7 cm³/mol. The molecule has 1 amide bonds. The van der Waals surface area contributed by atoms with Crippen molar-refractivity contribution in [2.24, 2.45) is 0 Å². The van der Waals surface area contributed by atoms with Gasteiger partial charge in [0.05, 0.1) is 6.61 Å². The second-order valence-corrected chi connectivity index (χ2v) is 2.99. The fourth-order valence-electron chi connectivity index (χ4n) is 0.919. The van der Waals surface area contributed by atoms with Gasteiger partial charge in [0, 0.05) is 13.1 Å². The van der Waals surface area contributed by atoms with E-state index in [2.05, 4.69) is 6.58 Å². The monoisotopic (exact) mass is 185 g/mol. The van der Waals surface area contributed by atoms with E-state index in [0.29, 0.717) is 19.7 Å². The number of carbonyl (C=O) groups excluding carboxylic acids is 1. The summed E-state index contributed by atoms with van der Waals surface area (Å²) in [5.74, 6) is 0. The fraction of sp³-hybridized carbons (Fsp3) is 0.700. The summed E-state index contributed by atoms with van der Waals surface area (Å²) in [6.45, 7) is 11.3. The Labute approximate surface area is 80.4 Å². The van der Waals surface area contributed by atoms with Crippen LogP contribution in [0.4, 0.5) is 4.79 Å². The van der Waals surface area contributed by atoms with E-state index < -0.39 is 0 Å². The topological polar surface area (TPSA) is 29.5 Å². The van der Waals surface area contributed by atoms with Crippen molar-refractivity contribution in [1.29, 1.82) is 0 Å². The van der Waals surface area contributed by atoms with Gasteiger partial charge < -0.3 is 9.64 Å². The van der Waals surface area contributed by atoms with Crippen molar-refractivity contribution in [1.82, 2.24) is 4.90 Å². The maximum atomic E-state index is 11.3. The molecule has 13 heavy (non-hydrogen) atoms. The quantitative estimate of drug-likeness (QED) is 0.616. The van der Waals surface area contributed by atoms with E-state index in [-0.39, 0.29) is 6.09 Å². The van der Waals surface area contributed by atoms with Gasteiger partial charge in [0.25, 0.3) is 0 Å². The molecule has 0 atom stereocenters. The Bertz CT molecular complexity index is 178. The molecule has 0 aromatic carbocycles. The molecule has 0 aromatic rings. The summed E-state index contributed by atoms with van der Waals surface area (Å²) >= 11 is 0. The van der Waals surface area contributed by atoms with Gasteiger partial charge >= 0.3 is 6.09 Å². The molecule has 3 heteroatoms. The maximum absolute atomic E-state index is 11.3. The lowest BCUT2D eigenvalue weighted by atomic mass is 10.2. The number of amides is 1. The van der Waals surface area contributed by atoms with E-state index in [1.54, 1.807) is 4.90 Å². The minimum atomic E-state index is -0.230. The molecule has 76 valence electrons. The van der Waals surface area contributed by atoms with Gasteiger partial charge in [-0.3, -0.25) is 0 Å². The molecule has 0 aliphatic carbocycles. The molecule has 3 nitrogen and oxygen atoms in total. The molecule has 0 aliphatic heterocycles. The lowest BCUT2D eigenvalue weighted by molar-refractivity contribution is 0.109. The normalized spacial score (nSPS) is 9.46. The van der Waals surface area contributed by atoms with Crippen molar-refractivity contribution in [3.8, 4) is 0 Å². The first kappa shape index (κ1) is 12.0. The summed E-state index contributed by atoms with van der Waals surface area (Å²) < 4.78 is 4.88. The number of carbonyl (C=O) groups is 1. The Kier molecular flexibility index (Phi) is 6.02. The van der Waals surface area contributed by atoms with E-state index in [0.717, 1.165) is 12.0 Å². The van der Waals surface area contributed by atoms with Crippen LogP contribution in [0.15, 0.2) is 12.2 Å². The highest BCUT2D eigenvalue weighted by Crippen LogP contribution is 2.01. The summed E-state index contributed by atoms with van der Waals surface area (Å²) in [5.41, 5.74) is 1.09. The van der Waals surface area contributed by atoms with Gasteiger partial charge in [0.2, 0.25) is 0 Å². The molecule has 0 bridgehead atoms. The van der Waals surface area contributed by atoms with Crippen molar-refractivity contribution < 1.29 is 9.53 Å². The molecule has 0 rings (SSSR count). The molecule has 0 fully saturated rings. The molecule has 0 unspecified atom stereocenters. The van der Waals surface area contributed by atoms with Crippen LogP contribution >= 0.6 is 0 Å². The SMILES string of the molecule is C=C(C)CCN(CC)C(=O)OCC. The smallest absolute Gasteiger partial charge is 0.409 e. The molecule has 0 aromatic heterocycles. The second-order valence-electron chi connectivity index (χ2n) is 2.99. The zero-order valence-corrected chi connectivity index (χ0v) is 8.80. The third-order valence-electron chi connectivity index (χ3n) is 1.72. The van der Waals surface area contributed by atoms with Gasteiger partial charge in [0.1, 0.15) is 0 Å². The Morgan fingerprint density at radius 3 is 2.46 bits per heavy atom. The molecule has 0 heterocycles. The largest absolute Gasteiger partial charge is 0.450 e. The summed E-state index contributed by atoms with van der Waals surface area (Å²) in [7, 11) is 0. The summed E-state index contributed by atoms with van der Waals surface area (Å²) in [6.07, 6.45) is 0.610. The first-order chi connectivity index (χ1) is 6.11. The van der Waals surface area contributed by atoms with Crippen LogP contribution in [0.1, 0.15) is 27.2 Å². The van der Waals surface area contributed by atoms with Crippen LogP contribution < -0.4 is 0 Å². The third-order valence-corrected chi connectivity index (χ3v) is 1.72. The summed E-state index contributed by atoms with van der Waals surface area (Å²) in [6, 6.07) is 0. The van der Waals surface area contributed by atoms with Crippen LogP contribution in [-0.2, 0) is 4.74 Å². The number of hydrogen-bond acceptors (Lipinski definition) is 2. The van der Waals surface area contributed by atoms with Crippen molar-refractivity contribution in [2.75, 3.05) is 19.7 Å². The number of rotatable bonds is 5. The van der Waals surface area contributed by atoms with Crippen molar-refractivity contribution in [3.63, 3.8) is 0 Å². The molecule has 0 radical (unpaired) electrons. The Morgan fingerprint density at radius 1 is 1.46 bits per heavy atom. The molecule has 0 saturated heterocycles. The van der Waals surface area contributed by atoms with Crippen LogP contribution in [0.2, 0.25) is 0 Å². The zero-order valence-electron chi connectivity index (χ0n) is 8.80. The average molecular weight is 185 g/mol. The number of hydrogen-bond donors (Lipinski definition) is 0. The summed E-state index contributed by atoms with van der Waals surface area (Å²) in [4.78, 5) is 12.9. The first-order valence-electron chi connectivity index (χ1n) is 4.67. The van der Waals surface area contributed by atoms with Gasteiger partial charge in [-0.25, -0.2) is 4.79 Å². The molecular weight excluding hydrogens is 166 g/mol. The second kappa shape index (κ2) is 6.52. The minimum Gasteiger partial charge on any atom is -0.450 e. The molecule has 0 saturated carbocycles. The van der Waals surface area contributed by atoms with Crippen LogP contribution in [0.3, 0.4) is 0 Å². The van der Waals surface area contributed by atoms with Gasteiger partial charge in [-0.1, -0.05) is 5.57 Å². The average Bonchev–Trinajstić information content (AvgIpc) is 2.05. The van der Waals surface area contributed by atoms with Crippen LogP contribution in [-0.4, -0.2) is 30.7 Å². The van der Waals surface area contributed by atoms with E-state index >= 15 is 0 Å². The van der Waals surface area contributed by atoms with Gasteiger partial charge in [-0.15, -0.1) is 6.58 Å². The van der Waals surface area contributed by atoms with Crippen LogP contribution in [0, 0.1) is 0 Å². The lowest BCUT2D eigenvalue weighted by Gasteiger charge is -2.19. The highest BCUT2D eigenvalue weighted by molar-refractivity contribution is 5.67. The van der Waals surface area contributed by atoms with Gasteiger partial charge in [-0.05, 0) is 27.2 Å². The Morgan fingerprint density at radius 2 is 2.08 bits per heavy atom. The number of nitrogens with zero attached hydrogens (tertiary/aromatic N) is 1. The Balaban J connectivity index is 3.87. The highest BCUT2D eigenvalue weighted by Gasteiger charge is 2.10. The standard InChI is InChI=1S/C10H19NO2/c1-5-11(8-7-9(3)4)10(12)13-6-2/h3,5-8H2,1-2,4H3. The van der Waals surface area contributed by atoms with E-state index in [4.69, 9.17) is 4.74 Å². The lowest BCUT2D eigenvalue weighted by Crippen LogP contribution is -2.32. The fourth-order valence-corrected chi connectivity index (χ4v) is 0.919. The van der Waals surface area contributed by atoms with Crippen molar-refractivity contribution >= 4 is 6.09 Å². The summed E-state index contributed by atoms with van der Waals surface area (Å²) in [5, 5.41) is 0. The number of ether oxygens (including phenoxy) is 1. The van der Waals surface area contributed by atoms with Crippen LogP contribution in [0.5, 0.6) is 0 Å². The third kappa shape index (κ3) is 5.28. The van der Waals surface area contributed by atoms with E-state index in [9.17, 15) is 4.79 Å². The first-order valence-corrected chi connectivity index (χ1v) is 4.67. The van der Waals surface area contributed by atoms with Crippen molar-refractivity contribution in [2.45, 2.75) is 27.2 Å². The molecule has 0 spiro atoms. The van der Waals surface area contributed by atoms with Gasteiger partial charge in [-0.2, -0.15) is 0 Å². The minimum absolute atomic E-state index is 0.230. The Hall–Kier alpha value is -0.990. The van der Waals surface area contributed by atoms with Crippen molar-refractivity contribution in [3.05, 3.63) is 12.2 Å². The molecule has 0 N–H and O–H groups in total. The predicted octanol–water partition coefficient (Wildman–Crippen LogP) is 2.43. The zero-order chi connectivity index (χ0) is 10.3. The molecule has 0 aliphatic rings. The van der Waals surface area contributed by atoms with Crippen LogP contribution in [0.25, 0.3) is 0 Å². The molecular formula is C10H19NO2. The van der Waals surface area contributed by atoms with Gasteiger partial charge in [0.15, 0.2) is 0 Å². The van der Waals surface area contributed by atoms with E-state index in [1.807, 2.05) is 20.8 Å². The van der Waals surface area contributed by atoms with E-state index in [1.165, 1.54) is 0 Å². The highest BCUT2D eigenvalue weighted by atomic mass is 16.6. The maximum Gasteiger partial charge on any atom is 0.409 e.